The summed E-state index contributed by atoms with van der Waals surface area (Å²) in [5, 5.41) is 5.22. The number of nitrogens with one attached hydrogen (secondary N) is 2. The quantitative estimate of drug-likeness (QED) is 0.0211. The molecule has 3 unspecified atom stereocenters. The van der Waals surface area contributed by atoms with Gasteiger partial charge in [0.2, 0.25) is 41.1 Å². The van der Waals surface area contributed by atoms with E-state index >= 15 is 0 Å². The summed E-state index contributed by atoms with van der Waals surface area (Å²) in [7, 11) is 2.35. The zero-order valence-electron chi connectivity index (χ0n) is 68.8. The van der Waals surface area contributed by atoms with Crippen molar-refractivity contribution in [3.8, 4) is 0 Å². The molecule has 8 rings (SSSR count). The van der Waals surface area contributed by atoms with E-state index in [1.807, 2.05) is 55.4 Å². The number of amides is 5. The van der Waals surface area contributed by atoms with Gasteiger partial charge in [0.1, 0.15) is 12.1 Å². The number of ketones is 11. The Kier molecular flexibility index (Phi) is 35.9. The lowest BCUT2D eigenvalue weighted by Gasteiger charge is -2.34. The van der Waals surface area contributed by atoms with Gasteiger partial charge in [0.15, 0.2) is 52.0 Å². The average molecular weight is 1600 g/mol. The molecule has 23 nitrogen and oxygen atoms in total. The number of ether oxygens (including phenoxy) is 2. The standard InChI is InChI=1S/C46H61N2O9P.C45H59N3O9/c1-6-15-32(44(55)38(50)22-23-42(54)47-43(41(53)28-58)31-18-11-8-12-19-31)24-40(52)37-25-33(57-46(3,4)5)27-48(37)45(56)36(30-16-9-7-10-17-30)26-39(51)35-21-14-13-20-34(35)29(2)49;1-6-15-31(42(54)37(50)22-23-40(53)47-41(43(46)55)30-18-11-8-12-19-30)24-39(52)36-25-32(57-45(3,4)5)27-48(36)44(56)35(29-16-9-7-10-17-29)26-38(51)34-21-14-13-20-33(34)28(2)49/h8,11-14,18-21,30,32-33,36-37,43H,6-7,9-10,15-17,22-28,58H2,1-5H3,(H,47,54);8,11-14,18-21,29,31-32,35-36,41H,6-7,9-10,15-17,22-27H2,1-5H3,(H2,46,55)(H,47,53)/t32?,33-,36+,37+,43+;31?,32-,35+,36+,41+/m11/s1. The van der Waals surface area contributed by atoms with E-state index in [4.69, 9.17) is 15.2 Å². The van der Waals surface area contributed by atoms with Crippen LogP contribution in [0.2, 0.25) is 0 Å². The van der Waals surface area contributed by atoms with E-state index in [0.29, 0.717) is 35.1 Å². The summed E-state index contributed by atoms with van der Waals surface area (Å²) in [5.74, 6) is -11.2. The van der Waals surface area contributed by atoms with Crippen molar-refractivity contribution >= 4 is 102 Å². The molecule has 2 saturated carbocycles. The minimum atomic E-state index is -1.11. The van der Waals surface area contributed by atoms with Gasteiger partial charge in [-0.2, -0.15) is 0 Å². The lowest BCUT2D eigenvalue weighted by molar-refractivity contribution is -0.144. The molecule has 0 bridgehead atoms. The van der Waals surface area contributed by atoms with E-state index in [-0.39, 0.29) is 165 Å². The molecule has 4 aliphatic rings. The summed E-state index contributed by atoms with van der Waals surface area (Å²) in [6, 6.07) is 26.6. The second-order valence-electron chi connectivity index (χ2n) is 33.4. The normalized spacial score (nSPS) is 18.9. The van der Waals surface area contributed by atoms with Crippen molar-refractivity contribution in [2.45, 2.75) is 271 Å². The van der Waals surface area contributed by atoms with E-state index < -0.39 is 119 Å². The number of rotatable bonds is 41. The molecule has 11 atom stereocenters. The first kappa shape index (κ1) is 93.1. The zero-order valence-corrected chi connectivity index (χ0v) is 70.0. The van der Waals surface area contributed by atoms with Crippen molar-refractivity contribution in [1.29, 1.82) is 0 Å². The third-order valence-corrected chi connectivity index (χ3v) is 22.7. The van der Waals surface area contributed by atoms with Crippen LogP contribution in [0, 0.1) is 35.5 Å². The van der Waals surface area contributed by atoms with Gasteiger partial charge in [0.25, 0.3) is 0 Å². The summed E-state index contributed by atoms with van der Waals surface area (Å²) < 4.78 is 12.6. The Labute approximate surface area is 679 Å². The van der Waals surface area contributed by atoms with Crippen LogP contribution < -0.4 is 16.4 Å². The Morgan fingerprint density at radius 1 is 0.461 bits per heavy atom. The van der Waals surface area contributed by atoms with Gasteiger partial charge in [0, 0.05) is 129 Å². The van der Waals surface area contributed by atoms with E-state index in [9.17, 15) is 76.7 Å². The Hall–Kier alpha value is -9.05. The van der Waals surface area contributed by atoms with Crippen LogP contribution in [0.1, 0.15) is 288 Å². The highest BCUT2D eigenvalue weighted by atomic mass is 31.0. The number of Topliss-reactive ketones (excluding diaryl/α,β-unsaturated/α-hetero) is 11. The van der Waals surface area contributed by atoms with Crippen molar-refractivity contribution in [3.05, 3.63) is 143 Å². The molecule has 2 aliphatic heterocycles. The van der Waals surface area contributed by atoms with Crippen LogP contribution in [0.5, 0.6) is 0 Å². The Morgan fingerprint density at radius 3 is 1.13 bits per heavy atom. The van der Waals surface area contributed by atoms with E-state index in [0.717, 1.165) is 64.2 Å². The van der Waals surface area contributed by atoms with Crippen molar-refractivity contribution in [3.63, 3.8) is 0 Å². The SMILES string of the molecule is CCCC(CC(=O)[C@@H]1C[C@@H](OC(C)(C)C)CN1C(=O)[C@@H](CC(=O)c1ccccc1C(C)=O)C1CCCCC1)C(=O)C(=O)CCC(=O)N[C@H](C(=O)CP)c1ccccc1.CCCC(CC(=O)[C@@H]1C[C@@H](OC(C)(C)C)CN1C(=O)[C@@H](CC(=O)c1ccccc1C(C)=O)C1CCCCC1)C(=O)C(=O)CCC(=O)N[C@H](C(N)=O)c1ccccc1. The fraction of sp³-hybridized carbons (Fsp3) is 0.560. The number of benzene rings is 4. The van der Waals surface area contributed by atoms with Crippen LogP contribution in [0.15, 0.2) is 109 Å². The molecule has 2 saturated heterocycles. The molecular weight excluding hydrogens is 1480 g/mol. The van der Waals surface area contributed by atoms with Crippen LogP contribution in [-0.2, 0) is 67.0 Å². The molecule has 0 radical (unpaired) electrons. The fourth-order valence-corrected chi connectivity index (χ4v) is 17.0. The topological polar surface area (TPSA) is 348 Å². The summed E-state index contributed by atoms with van der Waals surface area (Å²) >= 11 is 0. The molecule has 2 aliphatic carbocycles. The second-order valence-corrected chi connectivity index (χ2v) is 33.8. The van der Waals surface area contributed by atoms with E-state index in [1.54, 1.807) is 114 Å². The second kappa shape index (κ2) is 44.3. The first-order valence-corrected chi connectivity index (χ1v) is 42.0. The van der Waals surface area contributed by atoms with Gasteiger partial charge in [-0.25, -0.2) is 0 Å². The van der Waals surface area contributed by atoms with Crippen LogP contribution in [0.4, 0.5) is 0 Å². The van der Waals surface area contributed by atoms with Gasteiger partial charge >= 0.3 is 0 Å². The average Bonchev–Trinajstić information content (AvgIpc) is 1.60. The first-order valence-electron chi connectivity index (χ1n) is 41.2. The van der Waals surface area contributed by atoms with Gasteiger partial charge in [-0.3, -0.25) is 76.7 Å². The van der Waals surface area contributed by atoms with E-state index in [1.165, 1.54) is 18.7 Å². The minimum absolute atomic E-state index is 0.0841. The molecule has 4 aromatic rings. The number of carbonyl (C=O) groups is 16. The number of carbonyl (C=O) groups excluding carboxylic acids is 16. The predicted molar refractivity (Wildman–Crippen MR) is 438 cm³/mol. The highest BCUT2D eigenvalue weighted by Gasteiger charge is 2.49. The number of hydrogen-bond donors (Lipinski definition) is 3. The van der Waals surface area contributed by atoms with Crippen molar-refractivity contribution in [1.82, 2.24) is 20.4 Å². The van der Waals surface area contributed by atoms with Crippen LogP contribution in [0.25, 0.3) is 0 Å². The maximum absolute atomic E-state index is 14.8. The number of primary amides is 1. The number of nitrogens with zero attached hydrogens (tertiary/aromatic N) is 2. The Balaban J connectivity index is 0.000000318. The molecule has 0 spiro atoms. The molecule has 2 heterocycles. The third kappa shape index (κ3) is 27.5. The summed E-state index contributed by atoms with van der Waals surface area (Å²) in [5.41, 5.74) is 6.60. The number of likely N-dealkylation sites (tertiary alicyclic amines) is 2. The van der Waals surface area contributed by atoms with Crippen LogP contribution in [0.3, 0.4) is 0 Å². The van der Waals surface area contributed by atoms with Gasteiger partial charge in [-0.05, 0) is 117 Å². The maximum Gasteiger partial charge on any atom is 0.244 e. The van der Waals surface area contributed by atoms with Crippen molar-refractivity contribution < 1.29 is 86.2 Å². The maximum atomic E-state index is 14.8. The predicted octanol–water partition coefficient (Wildman–Crippen LogP) is 13.1. The van der Waals surface area contributed by atoms with Gasteiger partial charge in [-0.15, -0.1) is 9.24 Å². The summed E-state index contributed by atoms with van der Waals surface area (Å²) in [6.07, 6.45) is 7.67. The molecule has 5 amide bonds. The molecule has 4 aromatic carbocycles. The van der Waals surface area contributed by atoms with E-state index in [2.05, 4.69) is 19.9 Å². The Bertz CT molecular complexity index is 4130. The highest BCUT2D eigenvalue weighted by Crippen LogP contribution is 2.40. The molecule has 24 heteroatoms. The molecular formula is C91H120N5O18P. The van der Waals surface area contributed by atoms with Crippen molar-refractivity contribution in [2.75, 3.05) is 19.3 Å². The molecule has 115 heavy (non-hydrogen) atoms. The third-order valence-electron chi connectivity index (χ3n) is 22.3. The zero-order chi connectivity index (χ0) is 84.4. The monoisotopic (exact) mass is 1600 g/mol. The number of hydrogen-bond acceptors (Lipinski definition) is 18. The van der Waals surface area contributed by atoms with Gasteiger partial charge in [-0.1, -0.05) is 174 Å². The fourth-order valence-electron chi connectivity index (χ4n) is 16.8. The van der Waals surface area contributed by atoms with Gasteiger partial charge in [0.05, 0.1) is 35.5 Å². The Morgan fingerprint density at radius 2 is 0.800 bits per heavy atom. The molecule has 0 aromatic heterocycles. The highest BCUT2D eigenvalue weighted by molar-refractivity contribution is 7.18. The molecule has 4 N–H and O–H groups in total. The van der Waals surface area contributed by atoms with Crippen molar-refractivity contribution in [2.24, 2.45) is 41.2 Å². The molecule has 622 valence electrons. The lowest BCUT2D eigenvalue weighted by atomic mass is 9.76. The summed E-state index contributed by atoms with van der Waals surface area (Å²) in [6.45, 7) is 18.1. The lowest BCUT2D eigenvalue weighted by Crippen LogP contribution is -2.47. The smallest absolute Gasteiger partial charge is 0.244 e. The number of nitrogens with two attached hydrogens (primary N) is 1. The first-order chi connectivity index (χ1) is 54.5. The van der Waals surface area contributed by atoms with Crippen LogP contribution >= 0.6 is 9.24 Å². The van der Waals surface area contributed by atoms with Crippen LogP contribution in [-0.4, -0.2) is 158 Å². The largest absolute Gasteiger partial charge is 0.371 e. The minimum Gasteiger partial charge on any atom is -0.371 e. The summed E-state index contributed by atoms with van der Waals surface area (Å²) in [4.78, 5) is 218. The van der Waals surface area contributed by atoms with Gasteiger partial charge < -0.3 is 35.6 Å². The molecule has 4 fully saturated rings.